The van der Waals surface area contributed by atoms with Crippen LogP contribution in [0.1, 0.15) is 25.5 Å². The highest BCUT2D eigenvalue weighted by atomic mass is 79.9. The third-order valence-corrected chi connectivity index (χ3v) is 3.13. The van der Waals surface area contributed by atoms with E-state index in [2.05, 4.69) is 55.8 Å². The van der Waals surface area contributed by atoms with Crippen molar-refractivity contribution in [3.8, 4) is 0 Å². The Bertz CT molecular complexity index is 476. The monoisotopic (exact) mass is 317 g/mol. The molecule has 14 heavy (non-hydrogen) atoms. The number of hydrogen-bond donors (Lipinski definition) is 0. The topological polar surface area (TPSA) is 30.2 Å². The number of halogens is 2. The summed E-state index contributed by atoms with van der Waals surface area (Å²) in [4.78, 5) is 4.29. The zero-order chi connectivity index (χ0) is 10.3. The molecule has 0 fully saturated rings. The molecule has 0 bridgehead atoms. The van der Waals surface area contributed by atoms with E-state index >= 15 is 0 Å². The van der Waals surface area contributed by atoms with Crippen molar-refractivity contribution < 1.29 is 0 Å². The lowest BCUT2D eigenvalue weighted by atomic mass is 10.1. The zero-order valence-corrected chi connectivity index (χ0v) is 11.0. The van der Waals surface area contributed by atoms with Gasteiger partial charge in [-0.1, -0.05) is 13.8 Å². The Balaban J connectivity index is 2.73. The summed E-state index contributed by atoms with van der Waals surface area (Å²) in [5.74, 6) is 0.393. The second-order valence-corrected chi connectivity index (χ2v) is 5.10. The van der Waals surface area contributed by atoms with Crippen LogP contribution in [0.25, 0.3) is 5.65 Å². The Morgan fingerprint density at radius 1 is 1.36 bits per heavy atom. The maximum absolute atomic E-state index is 4.45. The SMILES string of the molecule is CC(C)c1nn2cc(Br)cnc2c1Br. The highest BCUT2D eigenvalue weighted by molar-refractivity contribution is 9.11. The molecule has 0 aliphatic heterocycles. The van der Waals surface area contributed by atoms with Crippen molar-refractivity contribution in [3.05, 3.63) is 27.0 Å². The number of hydrogen-bond acceptors (Lipinski definition) is 2. The Morgan fingerprint density at radius 3 is 2.71 bits per heavy atom. The van der Waals surface area contributed by atoms with Crippen LogP contribution in [-0.4, -0.2) is 14.6 Å². The van der Waals surface area contributed by atoms with Crippen molar-refractivity contribution in [2.75, 3.05) is 0 Å². The average molecular weight is 319 g/mol. The van der Waals surface area contributed by atoms with Gasteiger partial charge in [-0.15, -0.1) is 0 Å². The Kier molecular flexibility index (Phi) is 2.62. The first-order valence-electron chi connectivity index (χ1n) is 4.29. The predicted octanol–water partition coefficient (Wildman–Crippen LogP) is 3.38. The molecule has 0 N–H and O–H groups in total. The minimum Gasteiger partial charge on any atom is -0.235 e. The summed E-state index contributed by atoms with van der Waals surface area (Å²) >= 11 is 6.88. The van der Waals surface area contributed by atoms with Gasteiger partial charge in [0.1, 0.15) is 0 Å². The van der Waals surface area contributed by atoms with E-state index in [4.69, 9.17) is 0 Å². The van der Waals surface area contributed by atoms with Crippen LogP contribution < -0.4 is 0 Å². The van der Waals surface area contributed by atoms with Gasteiger partial charge in [0.25, 0.3) is 0 Å². The summed E-state index contributed by atoms with van der Waals surface area (Å²) in [5.41, 5.74) is 1.90. The van der Waals surface area contributed by atoms with E-state index < -0.39 is 0 Å². The Morgan fingerprint density at radius 2 is 2.07 bits per heavy atom. The molecule has 0 atom stereocenters. The quantitative estimate of drug-likeness (QED) is 0.807. The number of nitrogens with zero attached hydrogens (tertiary/aromatic N) is 3. The summed E-state index contributed by atoms with van der Waals surface area (Å²) in [7, 11) is 0. The second-order valence-electron chi connectivity index (χ2n) is 3.39. The Hall–Kier alpha value is -0.420. The van der Waals surface area contributed by atoms with Crippen LogP contribution in [0.5, 0.6) is 0 Å². The van der Waals surface area contributed by atoms with E-state index in [0.717, 1.165) is 20.3 Å². The molecular weight excluding hydrogens is 310 g/mol. The molecule has 0 saturated carbocycles. The molecule has 2 rings (SSSR count). The average Bonchev–Trinajstić information content (AvgIpc) is 2.43. The molecular formula is C9H9Br2N3. The molecule has 0 spiro atoms. The highest BCUT2D eigenvalue weighted by Crippen LogP contribution is 2.27. The summed E-state index contributed by atoms with van der Waals surface area (Å²) in [6.07, 6.45) is 3.67. The van der Waals surface area contributed by atoms with E-state index in [0.29, 0.717) is 5.92 Å². The van der Waals surface area contributed by atoms with Gasteiger partial charge in [-0.25, -0.2) is 9.50 Å². The van der Waals surface area contributed by atoms with Gasteiger partial charge in [-0.05, 0) is 37.8 Å². The van der Waals surface area contributed by atoms with E-state index in [1.807, 2.05) is 6.20 Å². The van der Waals surface area contributed by atoms with Gasteiger partial charge >= 0.3 is 0 Å². The number of fused-ring (bicyclic) bond motifs is 1. The number of aromatic nitrogens is 3. The van der Waals surface area contributed by atoms with Crippen LogP contribution in [-0.2, 0) is 0 Å². The highest BCUT2D eigenvalue weighted by Gasteiger charge is 2.13. The molecule has 2 heterocycles. The molecule has 5 heteroatoms. The molecule has 0 saturated heterocycles. The normalized spacial score (nSPS) is 11.5. The maximum atomic E-state index is 4.45. The fourth-order valence-corrected chi connectivity index (χ4v) is 2.39. The summed E-state index contributed by atoms with van der Waals surface area (Å²) in [6.45, 7) is 4.23. The first-order chi connectivity index (χ1) is 6.59. The molecule has 0 aromatic carbocycles. The second kappa shape index (κ2) is 3.62. The molecule has 2 aromatic heterocycles. The van der Waals surface area contributed by atoms with Gasteiger partial charge in [0.2, 0.25) is 0 Å². The minimum atomic E-state index is 0.393. The van der Waals surface area contributed by atoms with Crippen LogP contribution in [0, 0.1) is 0 Å². The van der Waals surface area contributed by atoms with Gasteiger partial charge in [-0.3, -0.25) is 0 Å². The largest absolute Gasteiger partial charge is 0.235 e. The predicted molar refractivity (Wildman–Crippen MR) is 62.5 cm³/mol. The molecule has 3 nitrogen and oxygen atoms in total. The van der Waals surface area contributed by atoms with Crippen molar-refractivity contribution in [3.63, 3.8) is 0 Å². The molecule has 0 radical (unpaired) electrons. The van der Waals surface area contributed by atoms with Gasteiger partial charge in [0, 0.05) is 12.4 Å². The molecule has 74 valence electrons. The molecule has 0 aliphatic rings. The van der Waals surface area contributed by atoms with E-state index in [1.165, 1.54) is 0 Å². The van der Waals surface area contributed by atoms with Gasteiger partial charge in [-0.2, -0.15) is 5.10 Å². The summed E-state index contributed by atoms with van der Waals surface area (Å²) in [5, 5.41) is 4.45. The van der Waals surface area contributed by atoms with Gasteiger partial charge in [0.15, 0.2) is 5.65 Å². The summed E-state index contributed by atoms with van der Waals surface area (Å²) in [6, 6.07) is 0. The van der Waals surface area contributed by atoms with Crippen LogP contribution in [0.3, 0.4) is 0 Å². The lowest BCUT2D eigenvalue weighted by Crippen LogP contribution is -1.91. The van der Waals surface area contributed by atoms with Crippen molar-refractivity contribution in [2.24, 2.45) is 0 Å². The first-order valence-corrected chi connectivity index (χ1v) is 5.87. The lowest BCUT2D eigenvalue weighted by Gasteiger charge is -1.97. The standard InChI is InChI=1S/C9H9Br2N3/c1-5(2)8-7(11)9-12-3-6(10)4-14(9)13-8/h3-5H,1-2H3. The minimum absolute atomic E-state index is 0.393. The molecule has 2 aromatic rings. The third kappa shape index (κ3) is 1.59. The Labute approximate surface area is 98.8 Å². The first kappa shape index (κ1) is 10.1. The van der Waals surface area contributed by atoms with Crippen molar-refractivity contribution in [1.82, 2.24) is 14.6 Å². The zero-order valence-electron chi connectivity index (χ0n) is 7.83. The van der Waals surface area contributed by atoms with E-state index in [9.17, 15) is 0 Å². The van der Waals surface area contributed by atoms with Crippen LogP contribution in [0.15, 0.2) is 21.3 Å². The van der Waals surface area contributed by atoms with Crippen LogP contribution in [0.4, 0.5) is 0 Å². The molecule has 0 amide bonds. The molecule has 0 unspecified atom stereocenters. The summed E-state index contributed by atoms with van der Waals surface area (Å²) < 4.78 is 3.69. The van der Waals surface area contributed by atoms with Crippen molar-refractivity contribution in [2.45, 2.75) is 19.8 Å². The fourth-order valence-electron chi connectivity index (χ4n) is 1.27. The van der Waals surface area contributed by atoms with Crippen LogP contribution in [0.2, 0.25) is 0 Å². The number of rotatable bonds is 1. The smallest absolute Gasteiger partial charge is 0.169 e. The van der Waals surface area contributed by atoms with E-state index in [-0.39, 0.29) is 0 Å². The van der Waals surface area contributed by atoms with Crippen molar-refractivity contribution >= 4 is 37.5 Å². The van der Waals surface area contributed by atoms with Gasteiger partial charge < -0.3 is 0 Å². The van der Waals surface area contributed by atoms with E-state index in [1.54, 1.807) is 10.7 Å². The molecule has 0 aliphatic carbocycles. The van der Waals surface area contributed by atoms with Gasteiger partial charge in [0.05, 0.1) is 14.6 Å². The van der Waals surface area contributed by atoms with Crippen molar-refractivity contribution in [1.29, 1.82) is 0 Å². The van der Waals surface area contributed by atoms with Crippen LogP contribution >= 0.6 is 31.9 Å². The lowest BCUT2D eigenvalue weighted by molar-refractivity contribution is 0.782. The fraction of sp³-hybridized carbons (Fsp3) is 0.333. The third-order valence-electron chi connectivity index (χ3n) is 1.96. The maximum Gasteiger partial charge on any atom is 0.169 e.